The van der Waals surface area contributed by atoms with E-state index in [-0.39, 0.29) is 0 Å². The summed E-state index contributed by atoms with van der Waals surface area (Å²) in [6, 6.07) is 17.2. The van der Waals surface area contributed by atoms with Crippen LogP contribution in [0.2, 0.25) is 0 Å². The number of para-hydroxylation sites is 2. The Hall–Kier alpha value is -2.73. The van der Waals surface area contributed by atoms with Crippen molar-refractivity contribution in [2.75, 3.05) is 12.8 Å². The molecule has 0 aliphatic rings. The van der Waals surface area contributed by atoms with Gasteiger partial charge in [0.15, 0.2) is 11.5 Å². The van der Waals surface area contributed by atoms with Crippen molar-refractivity contribution in [3.63, 3.8) is 0 Å². The van der Waals surface area contributed by atoms with E-state index in [1.165, 1.54) is 18.1 Å². The smallest absolute Gasteiger partial charge is 0.247 e. The predicted octanol–water partition coefficient (Wildman–Crippen LogP) is 4.01. The van der Waals surface area contributed by atoms with E-state index in [2.05, 4.69) is 9.97 Å². The van der Waals surface area contributed by atoms with Gasteiger partial charge in [-0.25, -0.2) is 4.98 Å². The highest BCUT2D eigenvalue weighted by molar-refractivity contribution is 7.99. The fraction of sp³-hybridized carbons (Fsp3) is 0.0588. The number of benzene rings is 2. The first kappa shape index (κ1) is 15.2. The van der Waals surface area contributed by atoms with Gasteiger partial charge in [0.25, 0.3) is 0 Å². The number of anilines is 1. The molecule has 116 valence electrons. The number of nitrogen functional groups attached to an aromatic ring is 1. The SMILES string of the molecule is COc1ccccc1Oc1ncnc(Sc2ccccc2)c1N. The Morgan fingerprint density at radius 2 is 1.61 bits per heavy atom. The standard InChI is InChI=1S/C17H15N3O2S/c1-21-13-9-5-6-10-14(13)22-16-15(18)17(20-11-19-16)23-12-7-3-2-4-8-12/h2-11H,18H2,1H3. The summed E-state index contributed by atoms with van der Waals surface area (Å²) in [5.74, 6) is 1.47. The molecule has 2 aromatic carbocycles. The van der Waals surface area contributed by atoms with Crippen molar-refractivity contribution in [2.24, 2.45) is 0 Å². The minimum atomic E-state index is 0.308. The Balaban J connectivity index is 1.88. The van der Waals surface area contributed by atoms with Gasteiger partial charge >= 0.3 is 0 Å². The van der Waals surface area contributed by atoms with Crippen molar-refractivity contribution in [1.29, 1.82) is 0 Å². The van der Waals surface area contributed by atoms with E-state index in [0.717, 1.165) is 4.90 Å². The molecule has 0 bridgehead atoms. The number of ether oxygens (including phenoxy) is 2. The number of nitrogens with two attached hydrogens (primary N) is 1. The summed E-state index contributed by atoms with van der Waals surface area (Å²) >= 11 is 1.46. The van der Waals surface area contributed by atoms with Gasteiger partial charge in [-0.2, -0.15) is 4.98 Å². The van der Waals surface area contributed by atoms with Gasteiger partial charge in [0.2, 0.25) is 5.88 Å². The fourth-order valence-corrected chi connectivity index (χ4v) is 2.75. The molecule has 0 amide bonds. The van der Waals surface area contributed by atoms with Crippen LogP contribution >= 0.6 is 11.8 Å². The minimum absolute atomic E-state index is 0.308. The van der Waals surface area contributed by atoms with Gasteiger partial charge in [0.05, 0.1) is 7.11 Å². The molecule has 1 heterocycles. The van der Waals surface area contributed by atoms with Gasteiger partial charge in [0, 0.05) is 4.90 Å². The molecule has 0 aliphatic heterocycles. The Kier molecular flexibility index (Phi) is 4.63. The molecule has 0 saturated carbocycles. The maximum Gasteiger partial charge on any atom is 0.247 e. The van der Waals surface area contributed by atoms with Crippen LogP contribution in [0.25, 0.3) is 0 Å². The van der Waals surface area contributed by atoms with Crippen LogP contribution in [0.15, 0.2) is 70.8 Å². The third-order valence-electron chi connectivity index (χ3n) is 3.04. The van der Waals surface area contributed by atoms with Crippen molar-refractivity contribution in [3.05, 3.63) is 60.9 Å². The molecule has 0 saturated heterocycles. The first-order valence-corrected chi connectivity index (χ1v) is 7.74. The first-order chi connectivity index (χ1) is 11.3. The van der Waals surface area contributed by atoms with Crippen molar-refractivity contribution < 1.29 is 9.47 Å². The van der Waals surface area contributed by atoms with E-state index < -0.39 is 0 Å². The maximum atomic E-state index is 6.16. The number of hydrogen-bond acceptors (Lipinski definition) is 6. The Bertz CT molecular complexity index is 797. The largest absolute Gasteiger partial charge is 0.493 e. The van der Waals surface area contributed by atoms with Crippen molar-refractivity contribution in [1.82, 2.24) is 9.97 Å². The Morgan fingerprint density at radius 1 is 0.913 bits per heavy atom. The minimum Gasteiger partial charge on any atom is -0.493 e. The van der Waals surface area contributed by atoms with E-state index in [1.807, 2.05) is 48.5 Å². The van der Waals surface area contributed by atoms with Crippen molar-refractivity contribution in [3.8, 4) is 17.4 Å². The molecule has 0 aliphatic carbocycles. The number of rotatable bonds is 5. The average Bonchev–Trinajstić information content (AvgIpc) is 2.60. The highest BCUT2D eigenvalue weighted by Gasteiger charge is 2.13. The second-order valence-corrected chi connectivity index (χ2v) is 5.63. The van der Waals surface area contributed by atoms with Gasteiger partial charge in [-0.05, 0) is 24.3 Å². The lowest BCUT2D eigenvalue weighted by atomic mass is 10.3. The molecular weight excluding hydrogens is 310 g/mol. The monoisotopic (exact) mass is 325 g/mol. The van der Waals surface area contributed by atoms with E-state index in [4.69, 9.17) is 15.2 Å². The van der Waals surface area contributed by atoms with Crippen LogP contribution in [-0.2, 0) is 0 Å². The van der Waals surface area contributed by atoms with Gasteiger partial charge in [-0.15, -0.1) is 0 Å². The van der Waals surface area contributed by atoms with Crippen LogP contribution in [0.5, 0.6) is 17.4 Å². The summed E-state index contributed by atoms with van der Waals surface area (Å²) in [7, 11) is 1.59. The molecule has 3 aromatic rings. The maximum absolute atomic E-state index is 6.16. The molecule has 3 rings (SSSR count). The summed E-state index contributed by atoms with van der Waals surface area (Å²) < 4.78 is 11.1. The normalized spacial score (nSPS) is 10.3. The molecule has 2 N–H and O–H groups in total. The fourth-order valence-electron chi connectivity index (χ4n) is 1.93. The zero-order valence-electron chi connectivity index (χ0n) is 12.5. The summed E-state index contributed by atoms with van der Waals surface area (Å²) in [6.07, 6.45) is 1.44. The van der Waals surface area contributed by atoms with E-state index in [1.54, 1.807) is 13.2 Å². The molecule has 0 spiro atoms. The highest BCUT2D eigenvalue weighted by Crippen LogP contribution is 2.37. The van der Waals surface area contributed by atoms with Crippen LogP contribution in [0.3, 0.4) is 0 Å². The second-order valence-electron chi connectivity index (χ2n) is 4.57. The van der Waals surface area contributed by atoms with Crippen LogP contribution < -0.4 is 15.2 Å². The summed E-state index contributed by atoms with van der Waals surface area (Å²) in [4.78, 5) is 9.40. The highest BCUT2D eigenvalue weighted by atomic mass is 32.2. The van der Waals surface area contributed by atoms with Crippen LogP contribution in [-0.4, -0.2) is 17.1 Å². The zero-order chi connectivity index (χ0) is 16.1. The zero-order valence-corrected chi connectivity index (χ0v) is 13.3. The van der Waals surface area contributed by atoms with Crippen LogP contribution in [0.1, 0.15) is 0 Å². The van der Waals surface area contributed by atoms with Gasteiger partial charge in [0.1, 0.15) is 17.0 Å². The summed E-state index contributed by atoms with van der Waals surface area (Å²) in [6.45, 7) is 0. The van der Waals surface area contributed by atoms with Crippen LogP contribution in [0.4, 0.5) is 5.69 Å². The molecular formula is C17H15N3O2S. The molecule has 0 fully saturated rings. The lowest BCUT2D eigenvalue weighted by Gasteiger charge is -2.12. The number of aromatic nitrogens is 2. The summed E-state index contributed by atoms with van der Waals surface area (Å²) in [5.41, 5.74) is 6.55. The van der Waals surface area contributed by atoms with E-state index >= 15 is 0 Å². The topological polar surface area (TPSA) is 70.3 Å². The van der Waals surface area contributed by atoms with Crippen LogP contribution in [0, 0.1) is 0 Å². The molecule has 5 nitrogen and oxygen atoms in total. The predicted molar refractivity (Wildman–Crippen MR) is 90.1 cm³/mol. The Labute approximate surface area is 138 Å². The van der Waals surface area contributed by atoms with E-state index in [0.29, 0.717) is 28.1 Å². The van der Waals surface area contributed by atoms with Crippen molar-refractivity contribution >= 4 is 17.4 Å². The van der Waals surface area contributed by atoms with Gasteiger partial charge in [-0.3, -0.25) is 0 Å². The van der Waals surface area contributed by atoms with Crippen molar-refractivity contribution in [2.45, 2.75) is 9.92 Å². The Morgan fingerprint density at radius 3 is 2.35 bits per heavy atom. The van der Waals surface area contributed by atoms with Gasteiger partial charge < -0.3 is 15.2 Å². The van der Waals surface area contributed by atoms with E-state index in [9.17, 15) is 0 Å². The quantitative estimate of drug-likeness (QED) is 0.715. The lowest BCUT2D eigenvalue weighted by molar-refractivity contribution is 0.374. The summed E-state index contributed by atoms with van der Waals surface area (Å²) in [5, 5.41) is 0.649. The third-order valence-corrected chi connectivity index (χ3v) is 4.07. The molecule has 0 atom stereocenters. The number of hydrogen-bond donors (Lipinski definition) is 1. The molecule has 0 unspecified atom stereocenters. The number of methoxy groups -OCH3 is 1. The number of nitrogens with zero attached hydrogens (tertiary/aromatic N) is 2. The first-order valence-electron chi connectivity index (χ1n) is 6.92. The lowest BCUT2D eigenvalue weighted by Crippen LogP contribution is -2.00. The molecule has 1 aromatic heterocycles. The molecule has 23 heavy (non-hydrogen) atoms. The van der Waals surface area contributed by atoms with Gasteiger partial charge in [-0.1, -0.05) is 42.1 Å². The molecule has 6 heteroatoms. The second kappa shape index (κ2) is 7.02. The average molecular weight is 325 g/mol. The molecule has 0 radical (unpaired) electrons. The third kappa shape index (κ3) is 3.54.